The first kappa shape index (κ1) is 14.8. The first-order chi connectivity index (χ1) is 6.99. The van der Waals surface area contributed by atoms with Crippen LogP contribution < -0.4 is 10.5 Å². The molecule has 92 valence electrons. The van der Waals surface area contributed by atoms with E-state index < -0.39 is 10.3 Å². The number of hydrogen-bond acceptors (Lipinski definition) is 3. The highest BCUT2D eigenvalue weighted by Gasteiger charge is 2.17. The molecule has 1 rings (SSSR count). The van der Waals surface area contributed by atoms with Crippen LogP contribution in [-0.2, 0) is 10.3 Å². The summed E-state index contributed by atoms with van der Waals surface area (Å²) in [6.07, 6.45) is 6.06. The highest BCUT2D eigenvalue weighted by molar-refractivity contribution is 7.83. The molecule has 0 atom stereocenters. The molecular formula is C9H22N2O3S. The molecule has 6 heteroatoms. The zero-order valence-corrected chi connectivity index (χ0v) is 10.1. The van der Waals surface area contributed by atoms with E-state index in [1.54, 1.807) is 0 Å². The average molecular weight is 238 g/mol. The van der Waals surface area contributed by atoms with Crippen molar-refractivity contribution in [2.75, 3.05) is 6.54 Å². The third-order valence-electron chi connectivity index (χ3n) is 2.21. The van der Waals surface area contributed by atoms with Gasteiger partial charge in [0.1, 0.15) is 0 Å². The zero-order valence-electron chi connectivity index (χ0n) is 9.28. The van der Waals surface area contributed by atoms with Crippen LogP contribution in [0.5, 0.6) is 0 Å². The Morgan fingerprint density at radius 3 is 2.13 bits per heavy atom. The topological polar surface area (TPSA) is 92.4 Å². The number of rotatable bonds is 3. The van der Waals surface area contributed by atoms with Crippen LogP contribution in [0.2, 0.25) is 0 Å². The number of nitrogens with one attached hydrogen (secondary N) is 1. The summed E-state index contributed by atoms with van der Waals surface area (Å²) >= 11 is 0. The zero-order chi connectivity index (χ0) is 11.7. The van der Waals surface area contributed by atoms with Crippen molar-refractivity contribution in [1.82, 2.24) is 4.72 Å². The van der Waals surface area contributed by atoms with E-state index in [4.69, 9.17) is 10.3 Å². The molecule has 5 nitrogen and oxygen atoms in total. The van der Waals surface area contributed by atoms with Gasteiger partial charge >= 0.3 is 10.3 Å². The maximum absolute atomic E-state index is 10.3. The Hall–Kier alpha value is -0.170. The van der Waals surface area contributed by atoms with Crippen molar-refractivity contribution in [2.24, 2.45) is 5.73 Å². The first-order valence-corrected chi connectivity index (χ1v) is 6.88. The smallest absolute Gasteiger partial charge is 0.330 e. The predicted octanol–water partition coefficient (Wildman–Crippen LogP) is 1.07. The molecule has 0 aliphatic heterocycles. The van der Waals surface area contributed by atoms with E-state index >= 15 is 0 Å². The second-order valence-corrected chi connectivity index (χ2v) is 4.90. The molecule has 0 unspecified atom stereocenters. The van der Waals surface area contributed by atoms with Crippen molar-refractivity contribution in [3.05, 3.63) is 0 Å². The summed E-state index contributed by atoms with van der Waals surface area (Å²) in [5.41, 5.74) is 5.03. The Labute approximate surface area is 92.3 Å². The molecule has 0 saturated heterocycles. The summed E-state index contributed by atoms with van der Waals surface area (Å²) < 4.78 is 31.3. The summed E-state index contributed by atoms with van der Waals surface area (Å²) in [6.45, 7) is 2.88. The first-order valence-electron chi connectivity index (χ1n) is 5.44. The monoisotopic (exact) mass is 238 g/mol. The van der Waals surface area contributed by atoms with Crippen molar-refractivity contribution in [1.29, 1.82) is 0 Å². The molecule has 0 amide bonds. The fraction of sp³-hybridized carbons (Fsp3) is 1.00. The van der Waals surface area contributed by atoms with Crippen molar-refractivity contribution in [2.45, 2.75) is 51.5 Å². The van der Waals surface area contributed by atoms with E-state index in [0.29, 0.717) is 0 Å². The van der Waals surface area contributed by atoms with Gasteiger partial charge in [-0.15, -0.1) is 0 Å². The van der Waals surface area contributed by atoms with E-state index in [2.05, 4.69) is 11.6 Å². The second kappa shape index (κ2) is 8.04. The van der Waals surface area contributed by atoms with Crippen molar-refractivity contribution in [3.63, 3.8) is 0 Å². The quantitative estimate of drug-likeness (QED) is 0.641. The molecule has 0 aromatic heterocycles. The molecule has 1 fully saturated rings. The molecule has 4 N–H and O–H groups in total. The molecular weight excluding hydrogens is 216 g/mol. The van der Waals surface area contributed by atoms with Crippen LogP contribution in [0.15, 0.2) is 0 Å². The minimum absolute atomic E-state index is 0.0428. The summed E-state index contributed by atoms with van der Waals surface area (Å²) in [4.78, 5) is 0. The third-order valence-corrected chi connectivity index (χ3v) is 2.84. The molecule has 1 aliphatic carbocycles. The van der Waals surface area contributed by atoms with Gasteiger partial charge in [0.2, 0.25) is 0 Å². The minimum atomic E-state index is -3.97. The summed E-state index contributed by atoms with van der Waals surface area (Å²) in [7, 11) is -3.97. The number of nitrogens with two attached hydrogens (primary N) is 1. The van der Waals surface area contributed by atoms with Gasteiger partial charge in [-0.2, -0.15) is 13.1 Å². The molecule has 0 heterocycles. The van der Waals surface area contributed by atoms with Gasteiger partial charge in [0.15, 0.2) is 0 Å². The fourth-order valence-electron chi connectivity index (χ4n) is 1.43. The Bertz CT molecular complexity index is 234. The van der Waals surface area contributed by atoms with E-state index in [1.165, 1.54) is 6.42 Å². The van der Waals surface area contributed by atoms with Crippen molar-refractivity contribution < 1.29 is 13.0 Å². The predicted molar refractivity (Wildman–Crippen MR) is 60.9 cm³/mol. The number of hydrogen-bond donors (Lipinski definition) is 3. The maximum atomic E-state index is 10.3. The summed E-state index contributed by atoms with van der Waals surface area (Å²) in [6, 6.07) is -0.0428. The van der Waals surface area contributed by atoms with Gasteiger partial charge in [-0.3, -0.25) is 4.55 Å². The largest absolute Gasteiger partial charge is 0.333 e. The van der Waals surface area contributed by atoms with Crippen LogP contribution >= 0.6 is 0 Å². The molecule has 0 aromatic rings. The highest BCUT2D eigenvalue weighted by Crippen LogP contribution is 2.17. The molecule has 0 spiro atoms. The summed E-state index contributed by atoms with van der Waals surface area (Å²) in [5.74, 6) is 0. The van der Waals surface area contributed by atoms with E-state index in [9.17, 15) is 8.42 Å². The molecule has 0 aromatic carbocycles. The van der Waals surface area contributed by atoms with Crippen LogP contribution in [0, 0.1) is 0 Å². The normalized spacial score (nSPS) is 18.1. The average Bonchev–Trinajstić information content (AvgIpc) is 2.17. The summed E-state index contributed by atoms with van der Waals surface area (Å²) in [5, 5.41) is 0. The lowest BCUT2D eigenvalue weighted by Gasteiger charge is -2.20. The van der Waals surface area contributed by atoms with Gasteiger partial charge in [0, 0.05) is 6.04 Å². The lowest BCUT2D eigenvalue weighted by molar-refractivity contribution is 0.389. The van der Waals surface area contributed by atoms with Crippen LogP contribution in [0.4, 0.5) is 0 Å². The third kappa shape index (κ3) is 10.1. The Morgan fingerprint density at radius 1 is 1.33 bits per heavy atom. The van der Waals surface area contributed by atoms with Gasteiger partial charge in [0.05, 0.1) is 0 Å². The molecule has 0 bridgehead atoms. The molecule has 15 heavy (non-hydrogen) atoms. The molecule has 1 saturated carbocycles. The van der Waals surface area contributed by atoms with Gasteiger partial charge in [0.25, 0.3) is 0 Å². The van der Waals surface area contributed by atoms with E-state index in [-0.39, 0.29) is 6.04 Å². The fourth-order valence-corrected chi connectivity index (χ4v) is 2.09. The Kier molecular flexibility index (Phi) is 7.95. The van der Waals surface area contributed by atoms with Gasteiger partial charge in [-0.05, 0) is 25.8 Å². The second-order valence-electron chi connectivity index (χ2n) is 3.72. The SMILES string of the molecule is CCCN.O=S(=O)(O)NC1CCCCC1. The van der Waals surface area contributed by atoms with Gasteiger partial charge in [-0.25, -0.2) is 0 Å². The Balaban J connectivity index is 0.000000423. The molecule has 0 radical (unpaired) electrons. The van der Waals surface area contributed by atoms with Crippen LogP contribution in [0.25, 0.3) is 0 Å². The molecule has 1 aliphatic rings. The standard InChI is InChI=1S/C6H13NO3S.C3H9N/c8-11(9,10)7-6-4-2-1-3-5-6;1-2-3-4/h6-7H,1-5H2,(H,8,9,10);2-4H2,1H3. The van der Waals surface area contributed by atoms with Crippen LogP contribution in [-0.4, -0.2) is 25.6 Å². The van der Waals surface area contributed by atoms with Crippen LogP contribution in [0.3, 0.4) is 0 Å². The lowest BCUT2D eigenvalue weighted by Crippen LogP contribution is -2.35. The van der Waals surface area contributed by atoms with Crippen molar-refractivity contribution >= 4 is 10.3 Å². The minimum Gasteiger partial charge on any atom is -0.330 e. The Morgan fingerprint density at radius 2 is 1.80 bits per heavy atom. The van der Waals surface area contributed by atoms with E-state index in [0.717, 1.165) is 38.6 Å². The van der Waals surface area contributed by atoms with Gasteiger partial charge < -0.3 is 5.73 Å². The highest BCUT2D eigenvalue weighted by atomic mass is 32.2. The van der Waals surface area contributed by atoms with E-state index in [1.807, 2.05) is 0 Å². The maximum Gasteiger partial charge on any atom is 0.333 e. The van der Waals surface area contributed by atoms with Crippen molar-refractivity contribution in [3.8, 4) is 0 Å². The van der Waals surface area contributed by atoms with Gasteiger partial charge in [-0.1, -0.05) is 26.2 Å². The van der Waals surface area contributed by atoms with Crippen LogP contribution in [0.1, 0.15) is 45.4 Å². The lowest BCUT2D eigenvalue weighted by atomic mass is 9.96.